The zero-order valence-electron chi connectivity index (χ0n) is 10.0. The van der Waals surface area contributed by atoms with Gasteiger partial charge in [0, 0.05) is 12.0 Å². The zero-order valence-corrected chi connectivity index (χ0v) is 10.0. The summed E-state index contributed by atoms with van der Waals surface area (Å²) in [6, 6.07) is 0. The molecule has 0 aliphatic rings. The molecule has 0 spiro atoms. The molecule has 0 aromatic heterocycles. The molecule has 0 bridgehead atoms. The van der Waals surface area contributed by atoms with Crippen LogP contribution in [0.5, 0.6) is 0 Å². The number of nitrogens with zero attached hydrogens (tertiary/aromatic N) is 1. The fourth-order valence-corrected chi connectivity index (χ4v) is 1.27. The number of carbonyl (C=O) groups excluding carboxylic acids is 1. The fourth-order valence-electron chi connectivity index (χ4n) is 1.27. The smallest absolute Gasteiger partial charge is 0.347 e. The number of hydrogen-bond donors (Lipinski definition) is 4. The molecule has 0 saturated carbocycles. The lowest BCUT2D eigenvalue weighted by atomic mass is 9.98. The van der Waals surface area contributed by atoms with Gasteiger partial charge in [-0.15, -0.1) is 5.10 Å². The molecule has 0 heterocycles. The van der Waals surface area contributed by atoms with E-state index in [-0.39, 0.29) is 11.9 Å². The predicted molar refractivity (Wildman–Crippen MR) is 64.5 cm³/mol. The van der Waals surface area contributed by atoms with Crippen molar-refractivity contribution in [2.45, 2.75) is 32.7 Å². The molecule has 0 aliphatic carbocycles. The van der Waals surface area contributed by atoms with Crippen LogP contribution in [0, 0.1) is 0 Å². The first kappa shape index (κ1) is 14.2. The average Bonchev–Trinajstić information content (AvgIpc) is 2.13. The van der Waals surface area contributed by atoms with E-state index in [1.54, 1.807) is 0 Å². The molecule has 1 amide bonds. The Hall–Kier alpha value is -1.85. The lowest BCUT2D eigenvalue weighted by Crippen LogP contribution is -2.73. The van der Waals surface area contributed by atoms with Crippen molar-refractivity contribution in [3.8, 4) is 0 Å². The fraction of sp³-hybridized carbons (Fsp3) is 0.500. The summed E-state index contributed by atoms with van der Waals surface area (Å²) in [5, 5.41) is 9.20. The van der Waals surface area contributed by atoms with Gasteiger partial charge in [0.25, 0.3) is 0 Å². The first-order valence-electron chi connectivity index (χ1n) is 4.88. The van der Waals surface area contributed by atoms with Gasteiger partial charge in [-0.25, -0.2) is 0 Å². The Bertz CT molecular complexity index is 326. The molecule has 90 valence electrons. The van der Waals surface area contributed by atoms with Crippen LogP contribution in [-0.2, 0) is 4.79 Å². The van der Waals surface area contributed by atoms with Crippen LogP contribution in [0.2, 0.25) is 0 Å². The van der Waals surface area contributed by atoms with Crippen molar-refractivity contribution >= 4 is 17.6 Å². The summed E-state index contributed by atoms with van der Waals surface area (Å²) in [5.74, 6) is -0.178. The quantitative estimate of drug-likeness (QED) is 0.192. The van der Waals surface area contributed by atoms with E-state index in [2.05, 4.69) is 22.1 Å². The third-order valence-corrected chi connectivity index (χ3v) is 1.72. The van der Waals surface area contributed by atoms with Gasteiger partial charge in [0.05, 0.1) is 5.71 Å². The van der Waals surface area contributed by atoms with E-state index in [9.17, 15) is 4.79 Å². The number of nitrogens with one attached hydrogen (secondary N) is 2. The monoisotopic (exact) mass is 226 g/mol. The van der Waals surface area contributed by atoms with Gasteiger partial charge in [0.1, 0.15) is 0 Å². The second-order valence-corrected chi connectivity index (χ2v) is 4.17. The van der Waals surface area contributed by atoms with E-state index < -0.39 is 5.54 Å². The Morgan fingerprint density at radius 3 is 2.56 bits per heavy atom. The molecular weight excluding hydrogens is 206 g/mol. The minimum atomic E-state index is -0.399. The van der Waals surface area contributed by atoms with E-state index in [1.165, 1.54) is 6.08 Å². The first-order chi connectivity index (χ1) is 7.26. The number of hydrogen-bond acceptors (Lipinski definition) is 2. The Morgan fingerprint density at radius 1 is 1.56 bits per heavy atom. The van der Waals surface area contributed by atoms with Crippen molar-refractivity contribution in [2.24, 2.45) is 16.6 Å². The first-order valence-corrected chi connectivity index (χ1v) is 4.88. The Morgan fingerprint density at radius 2 is 2.12 bits per heavy atom. The van der Waals surface area contributed by atoms with Crippen molar-refractivity contribution in [3.05, 3.63) is 12.7 Å². The van der Waals surface area contributed by atoms with Gasteiger partial charge in [0.15, 0.2) is 0 Å². The summed E-state index contributed by atoms with van der Waals surface area (Å²) in [7, 11) is 0. The average molecular weight is 226 g/mol. The second kappa shape index (κ2) is 5.89. The van der Waals surface area contributed by atoms with Crippen LogP contribution in [0.15, 0.2) is 17.8 Å². The predicted octanol–water partition coefficient (Wildman–Crippen LogP) is -1.81. The van der Waals surface area contributed by atoms with Crippen LogP contribution in [-0.4, -0.2) is 23.1 Å². The van der Waals surface area contributed by atoms with Crippen molar-refractivity contribution in [1.29, 1.82) is 0 Å². The molecule has 0 saturated heterocycles. The molecule has 6 nitrogen and oxygen atoms in total. The van der Waals surface area contributed by atoms with E-state index in [4.69, 9.17) is 11.5 Å². The molecule has 0 fully saturated rings. The third-order valence-electron chi connectivity index (χ3n) is 1.72. The third kappa shape index (κ3) is 6.58. The maximum Gasteiger partial charge on any atom is 0.362 e. The lowest BCUT2D eigenvalue weighted by Gasteiger charge is -2.24. The van der Waals surface area contributed by atoms with Gasteiger partial charge >= 0.3 is 5.96 Å². The highest BCUT2D eigenvalue weighted by Gasteiger charge is 2.20. The summed E-state index contributed by atoms with van der Waals surface area (Å²) in [4.78, 5) is 11.1. The van der Waals surface area contributed by atoms with Gasteiger partial charge in [-0.05, 0) is 26.8 Å². The van der Waals surface area contributed by atoms with Gasteiger partial charge in [-0.2, -0.15) is 5.10 Å². The number of hydrazone groups is 1. The van der Waals surface area contributed by atoms with Gasteiger partial charge in [0.2, 0.25) is 5.91 Å². The largest absolute Gasteiger partial charge is 0.362 e. The molecule has 16 heavy (non-hydrogen) atoms. The molecular formula is C10H20N5O+. The summed E-state index contributed by atoms with van der Waals surface area (Å²) in [5.41, 5.74) is 10.8. The molecule has 0 aromatic rings. The Balaban J connectivity index is 4.46. The minimum Gasteiger partial charge on any atom is -0.347 e. The zero-order chi connectivity index (χ0) is 12.8. The maximum absolute atomic E-state index is 11.1. The molecule has 0 aliphatic heterocycles. The number of rotatable bonds is 5. The van der Waals surface area contributed by atoms with Gasteiger partial charge in [-0.1, -0.05) is 6.58 Å². The Labute approximate surface area is 95.5 Å². The normalized spacial score (nSPS) is 11.8. The van der Waals surface area contributed by atoms with Gasteiger partial charge in [-0.3, -0.25) is 16.3 Å². The molecule has 0 aromatic carbocycles. The summed E-state index contributed by atoms with van der Waals surface area (Å²) in [6.45, 7) is 8.99. The SMILES string of the molecule is C=CC(=O)NC(C)(C)C/C(C)=N/[NH+]=C(N)N. The molecule has 0 radical (unpaired) electrons. The topological polar surface area (TPSA) is 107 Å². The highest BCUT2D eigenvalue weighted by molar-refractivity contribution is 5.89. The van der Waals surface area contributed by atoms with Gasteiger partial charge < -0.3 is 5.32 Å². The van der Waals surface area contributed by atoms with E-state index in [0.717, 1.165) is 5.71 Å². The van der Waals surface area contributed by atoms with Crippen molar-refractivity contribution in [2.75, 3.05) is 0 Å². The van der Waals surface area contributed by atoms with Crippen LogP contribution < -0.4 is 21.9 Å². The lowest BCUT2D eigenvalue weighted by molar-refractivity contribution is -0.464. The summed E-state index contributed by atoms with van der Waals surface area (Å²) < 4.78 is 0. The van der Waals surface area contributed by atoms with Crippen LogP contribution in [0.4, 0.5) is 0 Å². The van der Waals surface area contributed by atoms with Crippen molar-refractivity contribution in [3.63, 3.8) is 0 Å². The Kier molecular flexibility index (Phi) is 5.21. The standard InChI is InChI=1S/C10H19N5O/c1-5-8(16)13-10(3,4)6-7(2)14-15-9(11)12/h5H,1,6H2,2-4H3,(H,13,16)(H4,11,12,15)/p+1/b14-7+. The van der Waals surface area contributed by atoms with E-state index in [0.29, 0.717) is 6.42 Å². The number of carbonyl (C=O) groups is 1. The summed E-state index contributed by atoms with van der Waals surface area (Å²) >= 11 is 0. The number of amides is 1. The number of nitrogens with two attached hydrogens (primary N) is 2. The van der Waals surface area contributed by atoms with Crippen LogP contribution in [0.3, 0.4) is 0 Å². The van der Waals surface area contributed by atoms with E-state index >= 15 is 0 Å². The second-order valence-electron chi connectivity index (χ2n) is 4.17. The molecule has 0 atom stereocenters. The van der Waals surface area contributed by atoms with Crippen LogP contribution in [0.1, 0.15) is 27.2 Å². The van der Waals surface area contributed by atoms with Crippen LogP contribution in [0.25, 0.3) is 0 Å². The molecule has 0 rings (SSSR count). The minimum absolute atomic E-state index is 0.0345. The van der Waals surface area contributed by atoms with Crippen LogP contribution >= 0.6 is 0 Å². The number of guanidine groups is 1. The highest BCUT2D eigenvalue weighted by Crippen LogP contribution is 2.08. The summed E-state index contributed by atoms with van der Waals surface area (Å²) in [6.07, 6.45) is 1.81. The van der Waals surface area contributed by atoms with Crippen molar-refractivity contribution in [1.82, 2.24) is 5.32 Å². The van der Waals surface area contributed by atoms with E-state index in [1.807, 2.05) is 20.8 Å². The molecule has 6 N–H and O–H groups in total. The molecule has 6 heteroatoms. The van der Waals surface area contributed by atoms with Crippen molar-refractivity contribution < 1.29 is 9.90 Å². The molecule has 0 unspecified atom stereocenters. The highest BCUT2D eigenvalue weighted by atomic mass is 16.1. The maximum atomic E-state index is 11.1.